The van der Waals surface area contributed by atoms with Crippen molar-refractivity contribution in [3.05, 3.63) is 70.0 Å². The van der Waals surface area contributed by atoms with Gasteiger partial charge < -0.3 is 5.32 Å². The van der Waals surface area contributed by atoms with Gasteiger partial charge in [-0.2, -0.15) is 0 Å². The molecule has 1 N–H and O–H groups in total. The highest BCUT2D eigenvalue weighted by molar-refractivity contribution is 6.33. The van der Waals surface area contributed by atoms with Crippen molar-refractivity contribution in [3.63, 3.8) is 0 Å². The molecule has 0 aliphatic rings. The summed E-state index contributed by atoms with van der Waals surface area (Å²) in [5.41, 5.74) is 0.571. The molecule has 21 heavy (non-hydrogen) atoms. The lowest BCUT2D eigenvalue weighted by Gasteiger charge is -2.07. The topological polar surface area (TPSA) is 29.1 Å². The minimum absolute atomic E-state index is 0.144. The van der Waals surface area contributed by atoms with Gasteiger partial charge in [-0.25, -0.2) is 13.2 Å². The predicted molar refractivity (Wildman–Crippen MR) is 73.8 cm³/mol. The van der Waals surface area contributed by atoms with Gasteiger partial charge in [0, 0.05) is 6.54 Å². The SMILES string of the molecule is O=C(NCCc1cccc(F)c1)c1cc(F)c(F)cc1Cl. The summed E-state index contributed by atoms with van der Waals surface area (Å²) in [7, 11) is 0. The summed E-state index contributed by atoms with van der Waals surface area (Å²) in [4.78, 5) is 11.8. The van der Waals surface area contributed by atoms with E-state index in [1.165, 1.54) is 12.1 Å². The van der Waals surface area contributed by atoms with Crippen molar-refractivity contribution in [2.75, 3.05) is 6.54 Å². The van der Waals surface area contributed by atoms with E-state index in [9.17, 15) is 18.0 Å². The Morgan fingerprint density at radius 3 is 2.52 bits per heavy atom. The summed E-state index contributed by atoms with van der Waals surface area (Å²) in [6, 6.07) is 7.46. The number of hydrogen-bond donors (Lipinski definition) is 1. The Morgan fingerprint density at radius 1 is 1.10 bits per heavy atom. The van der Waals surface area contributed by atoms with Gasteiger partial charge in [0.15, 0.2) is 11.6 Å². The normalized spacial score (nSPS) is 10.5. The molecule has 0 radical (unpaired) electrons. The first-order chi connectivity index (χ1) is 9.97. The first kappa shape index (κ1) is 15.4. The molecular weight excluding hydrogens is 303 g/mol. The Bertz CT molecular complexity index is 676. The second-order valence-corrected chi connectivity index (χ2v) is 4.79. The highest BCUT2D eigenvalue weighted by Gasteiger charge is 2.14. The molecule has 110 valence electrons. The monoisotopic (exact) mass is 313 g/mol. The van der Waals surface area contributed by atoms with Crippen LogP contribution in [-0.2, 0) is 6.42 Å². The third kappa shape index (κ3) is 3.98. The van der Waals surface area contributed by atoms with Gasteiger partial charge in [-0.15, -0.1) is 0 Å². The fourth-order valence-electron chi connectivity index (χ4n) is 1.80. The fraction of sp³-hybridized carbons (Fsp3) is 0.133. The van der Waals surface area contributed by atoms with Crippen molar-refractivity contribution in [2.45, 2.75) is 6.42 Å². The molecule has 0 fully saturated rings. The number of amides is 1. The molecule has 2 aromatic rings. The lowest BCUT2D eigenvalue weighted by Crippen LogP contribution is -2.26. The lowest BCUT2D eigenvalue weighted by atomic mass is 10.1. The molecule has 1 amide bonds. The van der Waals surface area contributed by atoms with Crippen LogP contribution in [-0.4, -0.2) is 12.5 Å². The third-order valence-corrected chi connectivity index (χ3v) is 3.16. The number of carbonyl (C=O) groups excluding carboxylic acids is 1. The van der Waals surface area contributed by atoms with E-state index in [0.717, 1.165) is 12.1 Å². The largest absolute Gasteiger partial charge is 0.352 e. The van der Waals surface area contributed by atoms with E-state index >= 15 is 0 Å². The highest BCUT2D eigenvalue weighted by Crippen LogP contribution is 2.19. The van der Waals surface area contributed by atoms with Gasteiger partial charge in [-0.05, 0) is 36.2 Å². The number of rotatable bonds is 4. The summed E-state index contributed by atoms with van der Waals surface area (Å²) in [5, 5.41) is 2.35. The molecule has 2 nitrogen and oxygen atoms in total. The van der Waals surface area contributed by atoms with Gasteiger partial charge in [0.05, 0.1) is 10.6 Å². The standard InChI is InChI=1S/C15H11ClF3NO/c16-12-8-14(19)13(18)7-11(12)15(21)20-5-4-9-2-1-3-10(17)6-9/h1-3,6-8H,4-5H2,(H,20,21). The van der Waals surface area contributed by atoms with E-state index < -0.39 is 17.5 Å². The molecule has 6 heteroatoms. The summed E-state index contributed by atoms with van der Waals surface area (Å²) in [6.45, 7) is 0.220. The van der Waals surface area contributed by atoms with Gasteiger partial charge in [0.25, 0.3) is 5.91 Å². The molecule has 0 spiro atoms. The van der Waals surface area contributed by atoms with Crippen molar-refractivity contribution in [1.29, 1.82) is 0 Å². The molecule has 0 bridgehead atoms. The smallest absolute Gasteiger partial charge is 0.252 e. The van der Waals surface area contributed by atoms with E-state index in [-0.39, 0.29) is 22.9 Å². The summed E-state index contributed by atoms with van der Waals surface area (Å²) >= 11 is 5.70. The molecule has 0 aromatic heterocycles. The van der Waals surface area contributed by atoms with Crippen LogP contribution in [0.5, 0.6) is 0 Å². The molecule has 0 heterocycles. The van der Waals surface area contributed by atoms with Gasteiger partial charge in [-0.3, -0.25) is 4.79 Å². The molecule has 0 atom stereocenters. The summed E-state index contributed by atoms with van der Waals surface area (Å²) in [5.74, 6) is -3.23. The van der Waals surface area contributed by atoms with Crippen LogP contribution in [0, 0.1) is 17.5 Å². The zero-order chi connectivity index (χ0) is 15.4. The zero-order valence-corrected chi connectivity index (χ0v) is 11.6. The van der Waals surface area contributed by atoms with Crippen molar-refractivity contribution >= 4 is 17.5 Å². The van der Waals surface area contributed by atoms with E-state index in [0.29, 0.717) is 12.0 Å². The van der Waals surface area contributed by atoms with E-state index in [4.69, 9.17) is 11.6 Å². The molecule has 0 aliphatic carbocycles. The average Bonchev–Trinajstić information content (AvgIpc) is 2.43. The fourth-order valence-corrected chi connectivity index (χ4v) is 2.04. The Morgan fingerprint density at radius 2 is 1.81 bits per heavy atom. The number of nitrogens with one attached hydrogen (secondary N) is 1. The molecule has 0 unspecified atom stereocenters. The second kappa shape index (κ2) is 6.63. The maximum Gasteiger partial charge on any atom is 0.252 e. The number of benzene rings is 2. The Labute approximate surface area is 124 Å². The average molecular weight is 314 g/mol. The molecule has 2 aromatic carbocycles. The van der Waals surface area contributed by atoms with Crippen LogP contribution < -0.4 is 5.32 Å². The van der Waals surface area contributed by atoms with E-state index in [1.54, 1.807) is 12.1 Å². The van der Waals surface area contributed by atoms with Gasteiger partial charge in [0.2, 0.25) is 0 Å². The Kier molecular flexibility index (Phi) is 4.85. The van der Waals surface area contributed by atoms with Crippen molar-refractivity contribution in [2.24, 2.45) is 0 Å². The first-order valence-corrected chi connectivity index (χ1v) is 6.52. The Hall–Kier alpha value is -2.01. The molecule has 0 saturated heterocycles. The molecular formula is C15H11ClF3NO. The number of hydrogen-bond acceptors (Lipinski definition) is 1. The van der Waals surface area contributed by atoms with Crippen molar-refractivity contribution < 1.29 is 18.0 Å². The molecule has 2 rings (SSSR count). The van der Waals surface area contributed by atoms with Gasteiger partial charge in [0.1, 0.15) is 5.82 Å². The zero-order valence-electron chi connectivity index (χ0n) is 10.8. The van der Waals surface area contributed by atoms with Crippen molar-refractivity contribution in [1.82, 2.24) is 5.32 Å². The van der Waals surface area contributed by atoms with Crippen LogP contribution in [0.15, 0.2) is 36.4 Å². The molecule has 0 saturated carbocycles. The van der Waals surface area contributed by atoms with Gasteiger partial charge in [-0.1, -0.05) is 23.7 Å². The quantitative estimate of drug-likeness (QED) is 0.856. The highest BCUT2D eigenvalue weighted by atomic mass is 35.5. The number of halogens is 4. The minimum Gasteiger partial charge on any atom is -0.352 e. The minimum atomic E-state index is -1.14. The van der Waals surface area contributed by atoms with Crippen LogP contribution in [0.2, 0.25) is 5.02 Å². The van der Waals surface area contributed by atoms with Crippen molar-refractivity contribution in [3.8, 4) is 0 Å². The lowest BCUT2D eigenvalue weighted by molar-refractivity contribution is 0.0953. The third-order valence-electron chi connectivity index (χ3n) is 2.84. The first-order valence-electron chi connectivity index (χ1n) is 6.14. The number of carbonyl (C=O) groups is 1. The van der Waals surface area contributed by atoms with Crippen LogP contribution in [0.4, 0.5) is 13.2 Å². The Balaban J connectivity index is 1.98. The maximum atomic E-state index is 13.1. The van der Waals surface area contributed by atoms with Crippen LogP contribution >= 0.6 is 11.6 Å². The second-order valence-electron chi connectivity index (χ2n) is 4.38. The van der Waals surface area contributed by atoms with Crippen LogP contribution in [0.25, 0.3) is 0 Å². The predicted octanol–water partition coefficient (Wildman–Crippen LogP) is 3.73. The summed E-state index contributed by atoms with van der Waals surface area (Å²) < 4.78 is 39.0. The van der Waals surface area contributed by atoms with Crippen LogP contribution in [0.3, 0.4) is 0 Å². The molecule has 0 aliphatic heterocycles. The van der Waals surface area contributed by atoms with Gasteiger partial charge >= 0.3 is 0 Å². The maximum absolute atomic E-state index is 13.1. The van der Waals surface area contributed by atoms with Crippen LogP contribution in [0.1, 0.15) is 15.9 Å². The van der Waals surface area contributed by atoms with E-state index in [2.05, 4.69) is 5.32 Å². The summed E-state index contributed by atoms with van der Waals surface area (Å²) in [6.07, 6.45) is 0.408. The van der Waals surface area contributed by atoms with E-state index in [1.807, 2.05) is 0 Å².